The second-order valence-electron chi connectivity index (χ2n) is 7.36. The first-order chi connectivity index (χ1) is 15.4. The molecule has 0 radical (unpaired) electrons. The van der Waals surface area contributed by atoms with Crippen LogP contribution in [0.1, 0.15) is 20.8 Å². The number of amides is 1. The van der Waals surface area contributed by atoms with Crippen LogP contribution in [-0.2, 0) is 4.43 Å². The number of nitrogens with two attached hydrogens (primary N) is 2. The van der Waals surface area contributed by atoms with Gasteiger partial charge >= 0.3 is 0 Å². The van der Waals surface area contributed by atoms with Gasteiger partial charge in [-0.05, 0) is 18.1 Å². The van der Waals surface area contributed by atoms with Gasteiger partial charge in [0.25, 0.3) is 5.91 Å². The molecule has 9 nitrogen and oxygen atoms in total. The minimum absolute atomic E-state index is 0.156. The van der Waals surface area contributed by atoms with Crippen LogP contribution >= 0.6 is 33.9 Å². The van der Waals surface area contributed by atoms with Gasteiger partial charge in [0.1, 0.15) is 16.5 Å². The molecule has 3 rings (SSSR count). The van der Waals surface area contributed by atoms with E-state index in [9.17, 15) is 4.79 Å². The topological polar surface area (TPSA) is 133 Å². The molecule has 0 unspecified atom stereocenters. The molecule has 1 fully saturated rings. The summed E-state index contributed by atoms with van der Waals surface area (Å²) in [6, 6.07) is 5.95. The zero-order valence-corrected chi connectivity index (χ0v) is 20.9. The van der Waals surface area contributed by atoms with E-state index < -0.39 is 0 Å². The van der Waals surface area contributed by atoms with Crippen molar-refractivity contribution in [3.8, 4) is 0 Å². The molecule has 0 aliphatic carbocycles. The fourth-order valence-electron chi connectivity index (χ4n) is 3.37. The third-order valence-corrected chi connectivity index (χ3v) is 6.84. The van der Waals surface area contributed by atoms with Crippen molar-refractivity contribution in [2.24, 2.45) is 16.5 Å². The van der Waals surface area contributed by atoms with Crippen molar-refractivity contribution in [1.29, 1.82) is 0 Å². The molecule has 0 saturated carbocycles. The zero-order valence-electron chi connectivity index (χ0n) is 17.9. The molecule has 11 heteroatoms. The highest BCUT2D eigenvalue weighted by atomic mass is 127. The zero-order chi connectivity index (χ0) is 23.1. The second-order valence-corrected chi connectivity index (χ2v) is 9.13. The van der Waals surface area contributed by atoms with E-state index in [0.717, 1.165) is 47.4 Å². The molecule has 2 aromatic rings. The fraction of sp³-hybridized carbons (Fsp3) is 0.381. The van der Waals surface area contributed by atoms with Gasteiger partial charge in [-0.3, -0.25) is 9.69 Å². The minimum atomic E-state index is -0.223. The molecule has 1 aromatic carbocycles. The Labute approximate surface area is 205 Å². The normalized spacial score (nSPS) is 15.8. The molecule has 1 aromatic heterocycles. The maximum Gasteiger partial charge on any atom is 0.267 e. The Kier molecular flexibility index (Phi) is 8.84. The first-order valence-corrected chi connectivity index (χ1v) is 12.6. The Morgan fingerprint density at radius 1 is 1.34 bits per heavy atom. The first kappa shape index (κ1) is 24.4. The van der Waals surface area contributed by atoms with E-state index in [4.69, 9.17) is 16.6 Å². The number of alkyl halides is 1. The van der Waals surface area contributed by atoms with Gasteiger partial charge in [-0.15, -0.1) is 0 Å². The van der Waals surface area contributed by atoms with Crippen molar-refractivity contribution in [2.45, 2.75) is 11.4 Å². The summed E-state index contributed by atoms with van der Waals surface area (Å²) in [5.74, 6) is 0.543. The molecule has 0 atom stereocenters. The molecule has 32 heavy (non-hydrogen) atoms. The predicted molar refractivity (Wildman–Crippen MR) is 138 cm³/mol. The van der Waals surface area contributed by atoms with Crippen molar-refractivity contribution in [1.82, 2.24) is 14.8 Å². The number of nitrogens with zero attached hydrogens (tertiary/aromatic N) is 4. The van der Waals surface area contributed by atoms with Crippen LogP contribution in [0.3, 0.4) is 0 Å². The van der Waals surface area contributed by atoms with Crippen molar-refractivity contribution in [2.75, 3.05) is 44.6 Å². The number of anilines is 1. The van der Waals surface area contributed by atoms with Crippen molar-refractivity contribution >= 4 is 56.5 Å². The van der Waals surface area contributed by atoms with E-state index in [1.54, 1.807) is 6.08 Å². The predicted octanol–water partition coefficient (Wildman–Crippen LogP) is 2.04. The van der Waals surface area contributed by atoms with Crippen molar-refractivity contribution in [3.05, 3.63) is 52.3 Å². The van der Waals surface area contributed by atoms with E-state index in [-0.39, 0.29) is 18.3 Å². The van der Waals surface area contributed by atoms with Crippen LogP contribution in [0.15, 0.2) is 41.3 Å². The second kappa shape index (κ2) is 11.6. The van der Waals surface area contributed by atoms with Gasteiger partial charge in [0.05, 0.1) is 12.8 Å². The average Bonchev–Trinajstić information content (AvgIpc) is 3.24. The Morgan fingerprint density at radius 2 is 2.09 bits per heavy atom. The Morgan fingerprint density at radius 3 is 2.78 bits per heavy atom. The number of thiazole rings is 1. The maximum atomic E-state index is 12.7. The van der Waals surface area contributed by atoms with E-state index in [2.05, 4.69) is 42.8 Å². The summed E-state index contributed by atoms with van der Waals surface area (Å²) in [7, 11) is 0. The summed E-state index contributed by atoms with van der Waals surface area (Å²) >= 11 is 3.45. The summed E-state index contributed by atoms with van der Waals surface area (Å²) in [6.45, 7) is 5.98. The number of aromatic nitrogens is 1. The number of aryl methyl sites for hydroxylation is 1. The summed E-state index contributed by atoms with van der Waals surface area (Å²) < 4.78 is 0.800. The fourth-order valence-corrected chi connectivity index (χ4v) is 4.71. The number of hydrogen-bond acceptors (Lipinski definition) is 8. The van der Waals surface area contributed by atoms with Crippen LogP contribution in [0, 0.1) is 6.92 Å². The molecule has 1 amide bonds. The molecule has 2 heterocycles. The molecule has 0 spiro atoms. The average molecular weight is 569 g/mol. The lowest BCUT2D eigenvalue weighted by Crippen LogP contribution is -2.48. The summed E-state index contributed by atoms with van der Waals surface area (Å²) in [4.78, 5) is 25.9. The van der Waals surface area contributed by atoms with Crippen LogP contribution in [0.5, 0.6) is 0 Å². The number of aliphatic hydroxyl groups excluding tert-OH is 1. The van der Waals surface area contributed by atoms with Gasteiger partial charge in [-0.2, -0.15) is 0 Å². The Balaban J connectivity index is 1.64. The van der Waals surface area contributed by atoms with Gasteiger partial charge < -0.3 is 26.8 Å². The van der Waals surface area contributed by atoms with E-state index in [0.29, 0.717) is 22.4 Å². The number of carbonyl (C=O) groups excluding carboxylic acids is 1. The van der Waals surface area contributed by atoms with E-state index in [1.165, 1.54) is 17.5 Å². The van der Waals surface area contributed by atoms with Crippen LogP contribution in [0.4, 0.5) is 10.8 Å². The Bertz CT molecular complexity index is 1000. The number of piperazine rings is 1. The quantitative estimate of drug-likeness (QED) is 0.166. The molecular weight excluding hydrogens is 541 g/mol. The van der Waals surface area contributed by atoms with Gasteiger partial charge in [0.15, 0.2) is 0 Å². The number of carbonyl (C=O) groups is 1. The monoisotopic (exact) mass is 569 g/mol. The number of para-hydroxylation sites is 1. The number of β-amino-alcohol motifs (C(OH)–C–C–N with tert-alkyl or cyclic N) is 1. The molecule has 6 N–H and O–H groups in total. The van der Waals surface area contributed by atoms with Crippen molar-refractivity contribution in [3.63, 3.8) is 0 Å². The highest BCUT2D eigenvalue weighted by Crippen LogP contribution is 2.26. The summed E-state index contributed by atoms with van der Waals surface area (Å²) in [6.07, 6.45) is 3.12. The number of nitrogens with one attached hydrogen (secondary N) is 1. The van der Waals surface area contributed by atoms with Crippen LogP contribution in [-0.4, -0.2) is 71.0 Å². The third-order valence-electron chi connectivity index (χ3n) is 5.13. The molecule has 1 aliphatic heterocycles. The number of hydrogen-bond donors (Lipinski definition) is 4. The maximum absolute atomic E-state index is 12.7. The standard InChI is InChI=1S/C21H28IN7O2S/c1-14-3-2-4-15(12-22)19(14)27-20(31)16-13-25-21(32-16)26-17(23)11-18(24)29-7-5-28(6-8-29)9-10-30/h2-4,11,13,30H,5-10,12,24H2,1H3,(H,27,31)(H2,23,25,26). The molecule has 1 aliphatic rings. The number of halogens is 1. The lowest BCUT2D eigenvalue weighted by Gasteiger charge is -2.35. The van der Waals surface area contributed by atoms with Crippen LogP contribution < -0.4 is 16.8 Å². The molecule has 1 saturated heterocycles. The number of rotatable bonds is 8. The van der Waals surface area contributed by atoms with Crippen molar-refractivity contribution < 1.29 is 9.90 Å². The SMILES string of the molecule is Cc1cccc(CI)c1NC(=O)c1cnc(N=C(N)C=C(N)N2CCN(CCO)CC2)s1. The van der Waals surface area contributed by atoms with Gasteiger partial charge in [-0.1, -0.05) is 52.1 Å². The Hall–Kier alpha value is -2.22. The van der Waals surface area contributed by atoms with E-state index >= 15 is 0 Å². The summed E-state index contributed by atoms with van der Waals surface area (Å²) in [5.41, 5.74) is 15.1. The largest absolute Gasteiger partial charge is 0.395 e. The lowest BCUT2D eigenvalue weighted by atomic mass is 10.1. The molecular formula is C21H28IN7O2S. The molecule has 0 bridgehead atoms. The van der Waals surface area contributed by atoms with Gasteiger partial charge in [0, 0.05) is 48.9 Å². The van der Waals surface area contributed by atoms with Crippen LogP contribution in [0.25, 0.3) is 0 Å². The first-order valence-electron chi connectivity index (χ1n) is 10.2. The minimum Gasteiger partial charge on any atom is -0.395 e. The van der Waals surface area contributed by atoms with Gasteiger partial charge in [-0.25, -0.2) is 9.98 Å². The number of amidine groups is 1. The molecule has 172 valence electrons. The lowest BCUT2D eigenvalue weighted by molar-refractivity contribution is 0.103. The number of aliphatic imine (C=N–C) groups is 1. The highest BCUT2D eigenvalue weighted by Gasteiger charge is 2.17. The van der Waals surface area contributed by atoms with Gasteiger partial charge in [0.2, 0.25) is 5.13 Å². The number of benzene rings is 1. The van der Waals surface area contributed by atoms with Crippen LogP contribution in [0.2, 0.25) is 0 Å². The summed E-state index contributed by atoms with van der Waals surface area (Å²) in [5, 5.41) is 12.4. The highest BCUT2D eigenvalue weighted by molar-refractivity contribution is 14.1. The third kappa shape index (κ3) is 6.40. The number of aliphatic hydroxyl groups is 1. The van der Waals surface area contributed by atoms with E-state index in [1.807, 2.05) is 30.0 Å². The smallest absolute Gasteiger partial charge is 0.267 e.